The van der Waals surface area contributed by atoms with Crippen LogP contribution < -0.4 is 5.32 Å². The second-order valence-electron chi connectivity index (χ2n) is 7.49. The number of carboxylic acids is 1. The highest BCUT2D eigenvalue weighted by Crippen LogP contribution is 2.37. The van der Waals surface area contributed by atoms with Crippen molar-refractivity contribution in [2.45, 2.75) is 19.9 Å². The van der Waals surface area contributed by atoms with Gasteiger partial charge in [0.05, 0.1) is 20.4 Å². The highest BCUT2D eigenvalue weighted by atomic mass is 32.2. The predicted octanol–water partition coefficient (Wildman–Crippen LogP) is 1.45. The fourth-order valence-corrected chi connectivity index (χ4v) is 6.43. The van der Waals surface area contributed by atoms with Crippen LogP contribution in [0.3, 0.4) is 0 Å². The van der Waals surface area contributed by atoms with Gasteiger partial charge in [-0.2, -0.15) is 29.5 Å². The summed E-state index contributed by atoms with van der Waals surface area (Å²) in [5.41, 5.74) is -0.552. The highest BCUT2D eigenvalue weighted by Gasteiger charge is 2.33. The summed E-state index contributed by atoms with van der Waals surface area (Å²) < 4.78 is 90.1. The molecule has 0 saturated carbocycles. The van der Waals surface area contributed by atoms with Gasteiger partial charge >= 0.3 is 5.97 Å². The summed E-state index contributed by atoms with van der Waals surface area (Å²) in [6.45, 7) is 0. The van der Waals surface area contributed by atoms with Crippen LogP contribution in [0.15, 0.2) is 63.2 Å². The first kappa shape index (κ1) is 28.4. The molecule has 0 fully saturated rings. The van der Waals surface area contributed by atoms with Crippen LogP contribution in [0, 0.1) is 0 Å². The van der Waals surface area contributed by atoms with Gasteiger partial charge in [-0.15, -0.1) is 0 Å². The van der Waals surface area contributed by atoms with Crippen LogP contribution in [-0.2, 0) is 34.9 Å². The summed E-state index contributed by atoms with van der Waals surface area (Å²) in [5.74, 6) is -3.82. The maximum Gasteiger partial charge on any atom is 0.323 e. The van der Waals surface area contributed by atoms with Crippen molar-refractivity contribution in [1.29, 1.82) is 0 Å². The number of aromatic hydroxyl groups is 1. The number of carboxylic acid groups (broad SMARTS) is 1. The number of sulfone groups is 1. The second-order valence-corrected chi connectivity index (χ2v) is 12.8. The van der Waals surface area contributed by atoms with Gasteiger partial charge in [0.15, 0.2) is 15.1 Å². The van der Waals surface area contributed by atoms with Crippen molar-refractivity contribution >= 4 is 71.0 Å². The summed E-state index contributed by atoms with van der Waals surface area (Å²) >= 11 is 3.74. The number of anilines is 1. The lowest BCUT2D eigenvalue weighted by atomic mass is 10.1. The van der Waals surface area contributed by atoms with E-state index in [-0.39, 0.29) is 22.0 Å². The van der Waals surface area contributed by atoms with E-state index in [4.69, 9.17) is 5.11 Å². The lowest BCUT2D eigenvalue weighted by molar-refractivity contribution is -0.136. The Morgan fingerprint density at radius 3 is 1.81 bits per heavy atom. The van der Waals surface area contributed by atoms with Gasteiger partial charge < -0.3 is 15.5 Å². The van der Waals surface area contributed by atoms with Crippen LogP contribution in [-0.4, -0.2) is 67.5 Å². The number of benzene rings is 3. The van der Waals surface area contributed by atoms with Gasteiger partial charge in [0.25, 0.3) is 26.1 Å². The number of thiol groups is 1. The Balaban J connectivity index is 2.08. The molecule has 17 heteroatoms. The first-order chi connectivity index (χ1) is 17.0. The number of phenols is 1. The lowest BCUT2D eigenvalue weighted by Gasteiger charge is -2.14. The number of phenolic OH excluding ortho intramolecular Hbond substituents is 1. The molecule has 0 saturated heterocycles. The first-order valence-corrected chi connectivity index (χ1v) is 14.8. The first-order valence-electron chi connectivity index (χ1n) is 9.71. The van der Waals surface area contributed by atoms with Crippen molar-refractivity contribution in [3.05, 3.63) is 54.1 Å². The average Bonchev–Trinajstić information content (AvgIpc) is 2.77. The van der Waals surface area contributed by atoms with Crippen molar-refractivity contribution in [3.63, 3.8) is 0 Å². The topological polar surface area (TPSA) is 230 Å². The maximum absolute atomic E-state index is 12.8. The summed E-state index contributed by atoms with van der Waals surface area (Å²) in [5, 5.41) is 19.4. The Hall–Kier alpha value is -3.22. The fourth-order valence-electron chi connectivity index (χ4n) is 3.30. The zero-order valence-electron chi connectivity index (χ0n) is 18.1. The molecule has 3 rings (SSSR count). The molecular weight excluding hydrogens is 574 g/mol. The third-order valence-electron chi connectivity index (χ3n) is 5.08. The van der Waals surface area contributed by atoms with E-state index in [1.165, 1.54) is 0 Å². The van der Waals surface area contributed by atoms with Gasteiger partial charge in [-0.05, 0) is 47.9 Å². The van der Waals surface area contributed by atoms with Gasteiger partial charge in [0.1, 0.15) is 5.75 Å². The van der Waals surface area contributed by atoms with E-state index in [0.29, 0.717) is 6.07 Å². The number of hydrogen-bond donors (Lipinski definition) is 6. The largest absolute Gasteiger partial charge is 0.507 e. The molecule has 3 aromatic rings. The van der Waals surface area contributed by atoms with Gasteiger partial charge in [0, 0.05) is 22.8 Å². The zero-order chi connectivity index (χ0) is 27.9. The highest BCUT2D eigenvalue weighted by molar-refractivity contribution is 7.94. The van der Waals surface area contributed by atoms with Crippen molar-refractivity contribution in [1.82, 2.24) is 0 Å². The molecule has 0 spiro atoms. The molecule has 13 nitrogen and oxygen atoms in total. The minimum Gasteiger partial charge on any atom is -0.507 e. The summed E-state index contributed by atoms with van der Waals surface area (Å²) in [4.78, 5) is 22.1. The molecule has 0 aliphatic carbocycles. The van der Waals surface area contributed by atoms with E-state index in [9.17, 15) is 49.1 Å². The fraction of sp³-hybridized carbons (Fsp3) is 0.100. The minimum absolute atomic E-state index is 0.170. The second kappa shape index (κ2) is 9.92. The smallest absolute Gasteiger partial charge is 0.323 e. The number of amides is 1. The zero-order valence-corrected chi connectivity index (χ0v) is 21.5. The summed E-state index contributed by atoms with van der Waals surface area (Å²) in [6.07, 6.45) is 0. The van der Waals surface area contributed by atoms with Crippen LogP contribution in [0.1, 0.15) is 10.4 Å². The quantitative estimate of drug-likeness (QED) is 0.161. The molecule has 0 aliphatic heterocycles. The minimum atomic E-state index is -4.88. The van der Waals surface area contributed by atoms with E-state index in [2.05, 4.69) is 17.9 Å². The summed E-state index contributed by atoms with van der Waals surface area (Å²) in [6, 6.07) is 7.09. The molecule has 0 aromatic heterocycles. The van der Waals surface area contributed by atoms with E-state index in [1.54, 1.807) is 0 Å². The number of hydrogen-bond acceptors (Lipinski definition) is 10. The molecule has 0 radical (unpaired) electrons. The van der Waals surface area contributed by atoms with Gasteiger partial charge in [-0.3, -0.25) is 18.7 Å². The van der Waals surface area contributed by atoms with Gasteiger partial charge in [-0.25, -0.2) is 8.42 Å². The van der Waals surface area contributed by atoms with Crippen molar-refractivity contribution in [2.24, 2.45) is 0 Å². The monoisotopic (exact) mass is 591 g/mol. The molecule has 3 aromatic carbocycles. The molecule has 0 aliphatic rings. The molecule has 1 atom stereocenters. The Kier molecular flexibility index (Phi) is 7.60. The number of rotatable bonds is 8. The Morgan fingerprint density at radius 2 is 1.35 bits per heavy atom. The van der Waals surface area contributed by atoms with Crippen molar-refractivity contribution in [2.75, 3.05) is 11.1 Å². The molecular formula is C20H17NO12S4. The molecule has 37 heavy (non-hydrogen) atoms. The van der Waals surface area contributed by atoms with Crippen molar-refractivity contribution < 1.29 is 54.2 Å². The molecule has 5 N–H and O–H groups in total. The molecule has 0 bridgehead atoms. The van der Waals surface area contributed by atoms with E-state index in [1.807, 2.05) is 0 Å². The predicted molar refractivity (Wildman–Crippen MR) is 132 cm³/mol. The molecule has 1 unspecified atom stereocenters. The Bertz CT molecular complexity index is 1740. The lowest BCUT2D eigenvalue weighted by Crippen LogP contribution is -2.31. The number of carbonyl (C=O) groups excluding carboxylic acids is 1. The van der Waals surface area contributed by atoms with Crippen LogP contribution in [0.5, 0.6) is 5.75 Å². The summed E-state index contributed by atoms with van der Waals surface area (Å²) in [7, 11) is -14.0. The van der Waals surface area contributed by atoms with Gasteiger partial charge in [-0.1, -0.05) is 0 Å². The van der Waals surface area contributed by atoms with Crippen molar-refractivity contribution in [3.8, 4) is 5.75 Å². The van der Waals surface area contributed by atoms with Crippen LogP contribution >= 0.6 is 12.6 Å². The SMILES string of the molecule is O=C(Nc1cc(S(=O)(=O)O)cc2cc(S(=O)(=O)O)cc(O)c12)c1ccc(S(=O)(=O)C(CS)C(=O)O)cc1. The Labute approximate surface area is 215 Å². The number of fused-ring (bicyclic) bond motifs is 1. The van der Waals surface area contributed by atoms with Crippen LogP contribution in [0.4, 0.5) is 5.69 Å². The maximum atomic E-state index is 12.8. The third-order valence-corrected chi connectivity index (χ3v) is 9.40. The third kappa shape index (κ3) is 5.86. The van der Waals surface area contributed by atoms with E-state index in [0.717, 1.165) is 42.5 Å². The number of nitrogens with one attached hydrogen (secondary N) is 1. The normalized spacial score (nSPS) is 13.3. The molecule has 198 valence electrons. The standard InChI is InChI=1S/C20H17NO12S4/c22-16-8-14(37(31,32)33)6-11-5-13(36(28,29)30)7-15(18(11)16)21-19(23)10-1-3-12(4-2-10)35(26,27)17(9-34)20(24)25/h1-8,17,22,34H,9H2,(H,21,23)(H,24,25)(H,28,29,30)(H,31,32,33). The molecule has 0 heterocycles. The van der Waals surface area contributed by atoms with Crippen LogP contribution in [0.2, 0.25) is 0 Å². The number of carbonyl (C=O) groups is 2. The molecule has 1 amide bonds. The average molecular weight is 592 g/mol. The van der Waals surface area contributed by atoms with E-state index >= 15 is 0 Å². The van der Waals surface area contributed by atoms with Crippen LogP contribution in [0.25, 0.3) is 10.8 Å². The Morgan fingerprint density at radius 1 is 0.838 bits per heavy atom. The number of aliphatic carboxylic acids is 1. The van der Waals surface area contributed by atoms with Gasteiger partial charge in [0.2, 0.25) is 0 Å². The van der Waals surface area contributed by atoms with E-state index < -0.39 is 73.4 Å².